The molecule has 0 aliphatic heterocycles. The molecule has 4 bridgehead atoms. The molecule has 5 rings (SSSR count). The fourth-order valence-corrected chi connectivity index (χ4v) is 5.71. The van der Waals surface area contributed by atoms with Crippen molar-refractivity contribution in [1.29, 1.82) is 0 Å². The third-order valence-electron chi connectivity index (χ3n) is 5.95. The van der Waals surface area contributed by atoms with Crippen LogP contribution < -0.4 is 0 Å². The van der Waals surface area contributed by atoms with Crippen molar-refractivity contribution < 1.29 is 4.74 Å². The van der Waals surface area contributed by atoms with Gasteiger partial charge in [-0.05, 0) is 69.1 Å². The molecule has 1 nitrogen and oxygen atoms in total. The Balaban J connectivity index is 1.48. The summed E-state index contributed by atoms with van der Waals surface area (Å²) < 4.78 is 6.69. The lowest BCUT2D eigenvalue weighted by Gasteiger charge is -2.57. The van der Waals surface area contributed by atoms with Gasteiger partial charge in [0.25, 0.3) is 0 Å². The van der Waals surface area contributed by atoms with Crippen LogP contribution in [0.2, 0.25) is 0 Å². The van der Waals surface area contributed by atoms with E-state index in [0.717, 1.165) is 17.8 Å². The van der Waals surface area contributed by atoms with E-state index in [-0.39, 0.29) is 0 Å². The van der Waals surface area contributed by atoms with E-state index in [1.54, 1.807) is 0 Å². The van der Waals surface area contributed by atoms with Crippen LogP contribution in [-0.2, 0) is 4.74 Å². The summed E-state index contributed by atoms with van der Waals surface area (Å²) in [6.45, 7) is 0. The zero-order valence-corrected chi connectivity index (χ0v) is 11.0. The zero-order chi connectivity index (χ0) is 11.3. The Labute approximate surface area is 105 Å². The molecule has 0 atom stereocenters. The first-order valence-electron chi connectivity index (χ1n) is 7.99. The Morgan fingerprint density at radius 3 is 1.76 bits per heavy atom. The van der Waals surface area contributed by atoms with Crippen LogP contribution in [0.15, 0.2) is 0 Å². The topological polar surface area (TPSA) is 9.23 Å². The van der Waals surface area contributed by atoms with Crippen LogP contribution in [0.4, 0.5) is 0 Å². The highest BCUT2D eigenvalue weighted by Crippen LogP contribution is 2.57. The van der Waals surface area contributed by atoms with E-state index in [9.17, 15) is 0 Å². The molecule has 0 aromatic carbocycles. The van der Waals surface area contributed by atoms with Gasteiger partial charge >= 0.3 is 0 Å². The molecule has 17 heavy (non-hydrogen) atoms. The highest BCUT2D eigenvalue weighted by molar-refractivity contribution is 5.03. The average molecular weight is 234 g/mol. The van der Waals surface area contributed by atoms with E-state index in [4.69, 9.17) is 4.74 Å². The summed E-state index contributed by atoms with van der Waals surface area (Å²) >= 11 is 0. The van der Waals surface area contributed by atoms with Gasteiger partial charge in [0.2, 0.25) is 0 Å². The van der Waals surface area contributed by atoms with Gasteiger partial charge in [0.1, 0.15) is 0 Å². The molecule has 0 N–H and O–H groups in total. The Bertz CT molecular complexity index is 255. The molecular weight excluding hydrogens is 208 g/mol. The largest absolute Gasteiger partial charge is 0.372 e. The van der Waals surface area contributed by atoms with Crippen LogP contribution in [-0.4, -0.2) is 11.7 Å². The van der Waals surface area contributed by atoms with Gasteiger partial charge in [-0.15, -0.1) is 0 Å². The monoisotopic (exact) mass is 234 g/mol. The van der Waals surface area contributed by atoms with Crippen LogP contribution in [0.1, 0.15) is 70.6 Å². The smallest absolute Gasteiger partial charge is 0.0694 e. The molecular formula is C16H26O. The molecule has 0 aromatic rings. The van der Waals surface area contributed by atoms with Crippen molar-refractivity contribution in [2.45, 2.75) is 82.3 Å². The summed E-state index contributed by atoms with van der Waals surface area (Å²) in [6.07, 6.45) is 16.4. The highest BCUT2D eigenvalue weighted by Gasteiger charge is 2.52. The van der Waals surface area contributed by atoms with Gasteiger partial charge in [0.15, 0.2) is 0 Å². The van der Waals surface area contributed by atoms with Crippen LogP contribution >= 0.6 is 0 Å². The number of rotatable bonds is 2. The van der Waals surface area contributed by atoms with Gasteiger partial charge < -0.3 is 4.74 Å². The molecule has 0 radical (unpaired) electrons. The number of ether oxygens (including phenoxy) is 1. The van der Waals surface area contributed by atoms with Gasteiger partial charge in [0.05, 0.1) is 11.7 Å². The van der Waals surface area contributed by atoms with Gasteiger partial charge in [0, 0.05) is 0 Å². The van der Waals surface area contributed by atoms with Gasteiger partial charge in [-0.1, -0.05) is 19.3 Å². The maximum absolute atomic E-state index is 6.69. The molecule has 0 aromatic heterocycles. The zero-order valence-electron chi connectivity index (χ0n) is 11.0. The summed E-state index contributed by atoms with van der Waals surface area (Å²) in [4.78, 5) is 0. The molecule has 0 amide bonds. The normalized spacial score (nSPS) is 49.8. The lowest BCUT2D eigenvalue weighted by Crippen LogP contribution is -2.53. The molecule has 5 aliphatic carbocycles. The van der Waals surface area contributed by atoms with Crippen LogP contribution in [0.3, 0.4) is 0 Å². The fourth-order valence-electron chi connectivity index (χ4n) is 5.71. The second-order valence-corrected chi connectivity index (χ2v) is 7.48. The predicted octanol–water partition coefficient (Wildman–Crippen LogP) is 4.30. The molecule has 0 saturated heterocycles. The Morgan fingerprint density at radius 2 is 1.24 bits per heavy atom. The third-order valence-corrected chi connectivity index (χ3v) is 5.95. The van der Waals surface area contributed by atoms with Crippen LogP contribution in [0.5, 0.6) is 0 Å². The first-order valence-corrected chi connectivity index (χ1v) is 7.99. The molecule has 0 spiro atoms. The quantitative estimate of drug-likeness (QED) is 0.692. The van der Waals surface area contributed by atoms with E-state index in [1.165, 1.54) is 70.6 Å². The van der Waals surface area contributed by atoms with Crippen molar-refractivity contribution in [1.82, 2.24) is 0 Å². The molecule has 96 valence electrons. The van der Waals surface area contributed by atoms with E-state index >= 15 is 0 Å². The van der Waals surface area contributed by atoms with Crippen molar-refractivity contribution in [3.8, 4) is 0 Å². The van der Waals surface area contributed by atoms with Crippen molar-refractivity contribution in [3.05, 3.63) is 0 Å². The minimum Gasteiger partial charge on any atom is -0.372 e. The molecule has 5 aliphatic rings. The summed E-state index contributed by atoms with van der Waals surface area (Å²) in [7, 11) is 0. The minimum absolute atomic E-state index is 0.358. The molecule has 1 heteroatoms. The van der Waals surface area contributed by atoms with Crippen molar-refractivity contribution in [2.24, 2.45) is 17.8 Å². The second-order valence-electron chi connectivity index (χ2n) is 7.48. The van der Waals surface area contributed by atoms with E-state index in [0.29, 0.717) is 11.7 Å². The van der Waals surface area contributed by atoms with Crippen molar-refractivity contribution in [3.63, 3.8) is 0 Å². The summed E-state index contributed by atoms with van der Waals surface area (Å²) in [6, 6.07) is 0. The van der Waals surface area contributed by atoms with Crippen LogP contribution in [0.25, 0.3) is 0 Å². The van der Waals surface area contributed by atoms with Gasteiger partial charge in [-0.3, -0.25) is 0 Å². The average Bonchev–Trinajstić information content (AvgIpc) is 2.27. The van der Waals surface area contributed by atoms with Gasteiger partial charge in [-0.2, -0.15) is 0 Å². The Kier molecular flexibility index (Phi) is 2.54. The maximum Gasteiger partial charge on any atom is 0.0694 e. The van der Waals surface area contributed by atoms with Crippen LogP contribution in [0, 0.1) is 17.8 Å². The van der Waals surface area contributed by atoms with E-state index in [2.05, 4.69) is 0 Å². The molecule has 5 fully saturated rings. The number of hydrogen-bond acceptors (Lipinski definition) is 1. The maximum atomic E-state index is 6.69. The lowest BCUT2D eigenvalue weighted by molar-refractivity contribution is -0.192. The predicted molar refractivity (Wildman–Crippen MR) is 68.9 cm³/mol. The number of hydrogen-bond donors (Lipinski definition) is 0. The standard InChI is InChI=1S/C16H26O/c1-2-4-15(5-3-1)17-16-9-12-6-13(10-16)8-14(7-12)11-16/h12-15H,1-11H2. The molecule has 5 saturated carbocycles. The fraction of sp³-hybridized carbons (Fsp3) is 1.00. The van der Waals surface area contributed by atoms with E-state index < -0.39 is 0 Å². The van der Waals surface area contributed by atoms with Crippen molar-refractivity contribution in [2.75, 3.05) is 0 Å². The Morgan fingerprint density at radius 1 is 0.706 bits per heavy atom. The summed E-state index contributed by atoms with van der Waals surface area (Å²) in [5.74, 6) is 3.10. The lowest BCUT2D eigenvalue weighted by atomic mass is 9.54. The second kappa shape index (κ2) is 3.98. The minimum atomic E-state index is 0.358. The van der Waals surface area contributed by atoms with E-state index in [1.807, 2.05) is 0 Å². The first-order chi connectivity index (χ1) is 8.31. The summed E-state index contributed by atoms with van der Waals surface area (Å²) in [5.41, 5.74) is 0.358. The molecule has 0 unspecified atom stereocenters. The SMILES string of the molecule is C1CCC(OC23CC4CC(CC(C4)C2)C3)CC1. The Hall–Kier alpha value is -0.0400. The third kappa shape index (κ3) is 1.95. The van der Waals surface area contributed by atoms with Gasteiger partial charge in [-0.25, -0.2) is 0 Å². The van der Waals surface area contributed by atoms with Crippen molar-refractivity contribution >= 4 is 0 Å². The summed E-state index contributed by atoms with van der Waals surface area (Å²) in [5, 5.41) is 0. The first kappa shape index (κ1) is 10.8. The molecule has 0 heterocycles. The highest BCUT2D eigenvalue weighted by atomic mass is 16.5.